The molecule has 142 valence electrons. The molecule has 0 rings (SSSR count). The van der Waals surface area contributed by atoms with E-state index in [1.54, 1.807) is 7.11 Å². The first kappa shape index (κ1) is 33.4. The molecule has 0 radical (unpaired) electrons. The van der Waals surface area contributed by atoms with Gasteiger partial charge in [-0.05, 0) is 0 Å². The Hall–Kier alpha value is -2.24. The number of rotatable bonds is 13. The third kappa shape index (κ3) is 13.4. The maximum atomic E-state index is 9.28. The van der Waals surface area contributed by atoms with Gasteiger partial charge in [-0.1, -0.05) is 28.7 Å². The number of ether oxygens (including phenoxy) is 4. The predicted molar refractivity (Wildman–Crippen MR) is 88.7 cm³/mol. The van der Waals surface area contributed by atoms with Gasteiger partial charge in [0.25, 0.3) is 0 Å². The minimum atomic E-state index is -0.447. The van der Waals surface area contributed by atoms with Crippen LogP contribution in [0.1, 0.15) is 28.7 Å². The van der Waals surface area contributed by atoms with Crippen molar-refractivity contribution in [1.82, 2.24) is 0 Å². The second kappa shape index (κ2) is 17.1. The molecule has 6 nitrogen and oxygen atoms in total. The van der Waals surface area contributed by atoms with E-state index in [9.17, 15) is 10.2 Å². The molecule has 0 bridgehead atoms. The fraction of sp³-hybridized carbons (Fsp3) is 0.938. The largest absolute Gasteiger partial charge is 0.554 e. The van der Waals surface area contributed by atoms with Crippen LogP contribution < -0.4 is 0 Å². The summed E-state index contributed by atoms with van der Waals surface area (Å²) in [7, 11) is 4.90. The summed E-state index contributed by atoms with van der Waals surface area (Å²) in [6, 6.07) is 0. The van der Waals surface area contributed by atoms with Gasteiger partial charge in [-0.3, -0.25) is 0 Å². The molecule has 2 unspecified atom stereocenters. The Morgan fingerprint density at radius 2 is 1.17 bits per heavy atom. The molecule has 0 heterocycles. The van der Waals surface area contributed by atoms with E-state index in [1.165, 1.54) is 0 Å². The van der Waals surface area contributed by atoms with Crippen molar-refractivity contribution in [2.75, 3.05) is 60.0 Å². The van der Waals surface area contributed by atoms with Crippen molar-refractivity contribution in [2.45, 2.75) is 28.7 Å². The van der Waals surface area contributed by atoms with Gasteiger partial charge in [0.2, 0.25) is 0 Å². The van der Waals surface area contributed by atoms with Gasteiger partial charge >= 0.3 is 0 Å². The molecule has 0 aromatic rings. The van der Waals surface area contributed by atoms with Crippen molar-refractivity contribution in [3.63, 3.8) is 0 Å². The molecule has 0 aromatic heterocycles. The van der Waals surface area contributed by atoms with Crippen LogP contribution in [0, 0.1) is 17.9 Å². The van der Waals surface area contributed by atoms with Crippen LogP contribution in [-0.4, -0.2) is 70.2 Å². The fourth-order valence-corrected chi connectivity index (χ4v) is 1.62. The van der Waals surface area contributed by atoms with Crippen LogP contribution in [-0.2, 0) is 18.9 Å². The Morgan fingerprint density at radius 1 is 0.792 bits per heavy atom. The van der Waals surface area contributed by atoms with Gasteiger partial charge in [-0.25, -0.2) is 7.11 Å². The monoisotopic (exact) mass is 860 g/mol. The van der Waals surface area contributed by atoms with E-state index >= 15 is 0 Å². The first-order valence-electron chi connectivity index (χ1n) is 6.68. The molecule has 0 aliphatic carbocycles. The second-order valence-electron chi connectivity index (χ2n) is 5.82. The zero-order chi connectivity index (χ0) is 15.5. The first-order chi connectivity index (χ1) is 9.45. The molecule has 2 atom stereocenters. The molecular formula is C16H37O6Rf2-. The van der Waals surface area contributed by atoms with Gasteiger partial charge < -0.3 is 29.2 Å². The Kier molecular flexibility index (Phi) is 23.8. The Morgan fingerprint density at radius 3 is 1.46 bits per heavy atom. The quantitative estimate of drug-likeness (QED) is 0.218. The van der Waals surface area contributed by atoms with Crippen LogP contribution in [0.2, 0.25) is 0 Å². The van der Waals surface area contributed by atoms with Gasteiger partial charge in [0.05, 0.1) is 46.2 Å². The Bertz CT molecular complexity index is 225. The Balaban J connectivity index is -0.000000301. The summed E-state index contributed by atoms with van der Waals surface area (Å²) in [5, 5.41) is 18.5. The molecule has 0 fully saturated rings. The fourth-order valence-electron chi connectivity index (χ4n) is 1.62. The molecule has 0 saturated heterocycles. The summed E-state index contributed by atoms with van der Waals surface area (Å²) in [5.41, 5.74) is -0.840. The minimum Gasteiger partial charge on any atom is -0.554 e. The van der Waals surface area contributed by atoms with Crippen LogP contribution in [0.25, 0.3) is 0 Å². The molecule has 0 saturated carbocycles. The van der Waals surface area contributed by atoms with Crippen molar-refractivity contribution < 1.29 is 29.2 Å². The maximum absolute atomic E-state index is 9.28. The molecule has 2 N–H and O–H groups in total. The molecular weight excluding hydrogens is 822 g/mol. The van der Waals surface area contributed by atoms with Crippen molar-refractivity contribution >= 4 is 0 Å². The summed E-state index contributed by atoms with van der Waals surface area (Å²) in [6.45, 7) is 6.12. The molecule has 8 heteroatoms. The minimum absolute atomic E-state index is 0. The van der Waals surface area contributed by atoms with Crippen LogP contribution in [0.3, 0.4) is 0 Å². The van der Waals surface area contributed by atoms with E-state index in [1.807, 2.05) is 13.8 Å². The number of hydrogen-bond donors (Lipinski definition) is 2. The summed E-state index contributed by atoms with van der Waals surface area (Å²) in [5.74, 6) is 0. The number of hydrogen-bond acceptors (Lipinski definition) is 6. The zero-order valence-electron chi connectivity index (χ0n) is 14.3. The van der Waals surface area contributed by atoms with E-state index in [0.717, 1.165) is 0 Å². The molecule has 0 aliphatic heterocycles. The number of methoxy groups -OCH3 is 1. The molecule has 24 heavy (non-hydrogen) atoms. The van der Waals surface area contributed by atoms with E-state index < -0.39 is 10.8 Å². The van der Waals surface area contributed by atoms with Crippen molar-refractivity contribution in [2.24, 2.45) is 10.8 Å². The summed E-state index contributed by atoms with van der Waals surface area (Å²) in [4.78, 5) is 0. The van der Waals surface area contributed by atoms with Gasteiger partial charge in [0.15, 0.2) is 0 Å². The molecule has 0 aliphatic rings. The zero-order valence-corrected chi connectivity index (χ0v) is 27.1. The van der Waals surface area contributed by atoms with Gasteiger partial charge in [-0.15, -0.1) is 0 Å². The van der Waals surface area contributed by atoms with Gasteiger partial charge in [0, 0.05) is 24.5 Å². The van der Waals surface area contributed by atoms with Crippen LogP contribution >= 0.6 is 0 Å². The molecule has 0 aromatic carbocycles. The molecule has 0 amide bonds. The summed E-state index contributed by atoms with van der Waals surface area (Å²) in [6.07, 6.45) is 0. The normalized spacial score (nSPS) is 14.8. The topological polar surface area (TPSA) is 77.4 Å². The van der Waals surface area contributed by atoms with E-state index in [4.69, 9.17) is 18.9 Å². The third-order valence-corrected chi connectivity index (χ3v) is 2.98. The van der Waals surface area contributed by atoms with Crippen molar-refractivity contribution in [3.8, 4) is 0 Å². The molecule has 0 spiro atoms. The summed E-state index contributed by atoms with van der Waals surface area (Å²) < 4.78 is 20.8. The van der Waals surface area contributed by atoms with Gasteiger partial charge in [-0.2, -0.15) is 0 Å². The second-order valence-corrected chi connectivity index (χ2v) is 5.82. The maximum Gasteiger partial charge on any atom is 0.0700 e. The van der Waals surface area contributed by atoms with Crippen LogP contribution in [0.15, 0.2) is 0 Å². The van der Waals surface area contributed by atoms with Crippen LogP contribution in [0.5, 0.6) is 0 Å². The third-order valence-electron chi connectivity index (χ3n) is 2.98. The standard InChI is InChI=1S/C14H29O6.2CH4.2Rf/c1-13(7-15,9-17-3)11-19-5-6-20-12-14(2,8-16)10-18-4;;;;/h15-16H,3,5-12H2,1-2,4H3;2*1H4;;/q-1;;;;. The van der Waals surface area contributed by atoms with Crippen molar-refractivity contribution in [3.05, 3.63) is 7.11 Å². The number of aliphatic hydroxyl groups is 2. The van der Waals surface area contributed by atoms with Crippen LogP contribution in [0.4, 0.5) is 0 Å². The number of aliphatic hydroxyl groups excluding tert-OH is 2. The first-order valence-corrected chi connectivity index (χ1v) is 6.68. The van der Waals surface area contributed by atoms with E-state index in [2.05, 4.69) is 7.11 Å². The predicted octanol–water partition coefficient (Wildman–Crippen LogP) is 1.74. The smallest absolute Gasteiger partial charge is 0.0700 e. The average Bonchev–Trinajstić information content (AvgIpc) is 2.43. The van der Waals surface area contributed by atoms with Gasteiger partial charge in [0.1, 0.15) is 0 Å². The van der Waals surface area contributed by atoms with E-state index in [-0.39, 0.29) is 28.1 Å². The average molecular weight is 859 g/mol. The van der Waals surface area contributed by atoms with Crippen molar-refractivity contribution in [1.29, 1.82) is 0 Å². The Labute approximate surface area is 136 Å². The van der Waals surface area contributed by atoms with E-state index in [0.29, 0.717) is 39.6 Å². The SMILES string of the molecule is C.C.[CH2-]OCC(C)(CO)COCCOCC(C)(CO)COC.[Rf].[Rf]. The summed E-state index contributed by atoms with van der Waals surface area (Å²) >= 11 is 0.